The Morgan fingerprint density at radius 1 is 1.19 bits per heavy atom. The van der Waals surface area contributed by atoms with Gasteiger partial charge in [-0.1, -0.05) is 25.1 Å². The fraction of sp³-hybridized carbons (Fsp3) is 0.368. The molecule has 136 valence electrons. The van der Waals surface area contributed by atoms with E-state index >= 15 is 0 Å². The van der Waals surface area contributed by atoms with Crippen molar-refractivity contribution in [2.24, 2.45) is 14.1 Å². The number of nitrogens with zero attached hydrogens (tertiary/aromatic N) is 2. The van der Waals surface area contributed by atoms with Gasteiger partial charge < -0.3 is 15.4 Å². The number of hydrogen-bond acceptors (Lipinski definition) is 4. The van der Waals surface area contributed by atoms with E-state index in [9.17, 15) is 14.7 Å². The predicted molar refractivity (Wildman–Crippen MR) is 99.6 cm³/mol. The standard InChI is InChI=1S/C19H22N4O3/c1-4-10-9-12-11-7-5-6-8-13(11)21-15(12)16(20-10)14-17(24)22(2)19(26)23(3)18(14)25/h5-8,10,16,20-21,24H,4,9H2,1-3H3. The van der Waals surface area contributed by atoms with Crippen molar-refractivity contribution >= 4 is 10.9 Å². The van der Waals surface area contributed by atoms with Crippen molar-refractivity contribution in [1.82, 2.24) is 19.4 Å². The van der Waals surface area contributed by atoms with E-state index in [1.165, 1.54) is 14.1 Å². The van der Waals surface area contributed by atoms with Gasteiger partial charge in [-0.25, -0.2) is 4.79 Å². The van der Waals surface area contributed by atoms with Gasteiger partial charge in [0.1, 0.15) is 5.56 Å². The molecule has 4 rings (SSSR count). The number of fused-ring (bicyclic) bond motifs is 3. The number of nitrogens with one attached hydrogen (secondary N) is 2. The fourth-order valence-electron chi connectivity index (χ4n) is 3.91. The number of aromatic nitrogens is 3. The first-order chi connectivity index (χ1) is 12.4. The SMILES string of the molecule is CCC1Cc2c([nH]c3ccccc23)C(c2c(O)n(C)c(=O)n(C)c2=O)N1. The molecule has 7 nitrogen and oxygen atoms in total. The summed E-state index contributed by atoms with van der Waals surface area (Å²) >= 11 is 0. The number of para-hydroxylation sites is 1. The van der Waals surface area contributed by atoms with Gasteiger partial charge in [0.15, 0.2) is 0 Å². The van der Waals surface area contributed by atoms with Crippen molar-refractivity contribution in [2.75, 3.05) is 0 Å². The molecule has 1 aliphatic rings. The first-order valence-electron chi connectivity index (χ1n) is 8.78. The highest BCUT2D eigenvalue weighted by atomic mass is 16.3. The minimum atomic E-state index is -0.545. The van der Waals surface area contributed by atoms with Gasteiger partial charge in [-0.05, 0) is 24.5 Å². The van der Waals surface area contributed by atoms with Gasteiger partial charge in [-0.2, -0.15) is 0 Å². The Labute approximate surface area is 149 Å². The molecule has 2 aromatic heterocycles. The molecular weight excluding hydrogens is 332 g/mol. The van der Waals surface area contributed by atoms with Crippen molar-refractivity contribution in [2.45, 2.75) is 31.8 Å². The van der Waals surface area contributed by atoms with E-state index in [1.807, 2.05) is 18.2 Å². The Morgan fingerprint density at radius 2 is 1.92 bits per heavy atom. The van der Waals surface area contributed by atoms with Crippen molar-refractivity contribution in [3.8, 4) is 5.88 Å². The zero-order valence-corrected chi connectivity index (χ0v) is 15.0. The highest BCUT2D eigenvalue weighted by Crippen LogP contribution is 2.36. The smallest absolute Gasteiger partial charge is 0.333 e. The zero-order valence-electron chi connectivity index (χ0n) is 15.0. The molecule has 7 heteroatoms. The van der Waals surface area contributed by atoms with Crippen LogP contribution < -0.4 is 16.6 Å². The number of benzene rings is 1. The molecule has 0 spiro atoms. The molecule has 0 radical (unpaired) electrons. The lowest BCUT2D eigenvalue weighted by Crippen LogP contribution is -2.45. The van der Waals surface area contributed by atoms with Gasteiger partial charge in [0, 0.05) is 36.7 Å². The molecule has 3 N–H and O–H groups in total. The molecule has 1 aromatic carbocycles. The molecule has 26 heavy (non-hydrogen) atoms. The van der Waals surface area contributed by atoms with Crippen LogP contribution in [0.4, 0.5) is 0 Å². The number of H-pyrrole nitrogens is 1. The summed E-state index contributed by atoms with van der Waals surface area (Å²) in [5.41, 5.74) is 2.21. The Bertz CT molecular complexity index is 1120. The fourth-order valence-corrected chi connectivity index (χ4v) is 3.91. The summed E-state index contributed by atoms with van der Waals surface area (Å²) in [5, 5.41) is 15.2. The van der Waals surface area contributed by atoms with Gasteiger partial charge >= 0.3 is 5.69 Å². The van der Waals surface area contributed by atoms with Crippen LogP contribution in [-0.4, -0.2) is 25.3 Å². The summed E-state index contributed by atoms with van der Waals surface area (Å²) in [4.78, 5) is 28.3. The summed E-state index contributed by atoms with van der Waals surface area (Å²) in [6.45, 7) is 2.09. The van der Waals surface area contributed by atoms with Crippen LogP contribution in [0.1, 0.15) is 36.2 Å². The van der Waals surface area contributed by atoms with E-state index in [-0.39, 0.29) is 17.5 Å². The summed E-state index contributed by atoms with van der Waals surface area (Å²) in [5.74, 6) is -0.294. The average Bonchev–Trinajstić information content (AvgIpc) is 3.03. The second-order valence-electron chi connectivity index (χ2n) is 6.91. The Balaban J connectivity index is 2.02. The minimum absolute atomic E-state index is 0.174. The van der Waals surface area contributed by atoms with Crippen molar-refractivity contribution < 1.29 is 5.11 Å². The van der Waals surface area contributed by atoms with E-state index in [0.29, 0.717) is 0 Å². The van der Waals surface area contributed by atoms with Crippen molar-refractivity contribution in [3.05, 3.63) is 61.9 Å². The average molecular weight is 354 g/mol. The number of aromatic amines is 1. The lowest BCUT2D eigenvalue weighted by molar-refractivity contribution is 0.371. The van der Waals surface area contributed by atoms with E-state index in [4.69, 9.17) is 0 Å². The van der Waals surface area contributed by atoms with Gasteiger partial charge in [-0.15, -0.1) is 0 Å². The molecule has 0 saturated heterocycles. The summed E-state index contributed by atoms with van der Waals surface area (Å²) < 4.78 is 2.14. The summed E-state index contributed by atoms with van der Waals surface area (Å²) in [7, 11) is 2.90. The normalized spacial score (nSPS) is 19.7. The molecule has 2 unspecified atom stereocenters. The molecule has 0 amide bonds. The van der Waals surface area contributed by atoms with Gasteiger partial charge in [-0.3, -0.25) is 13.9 Å². The molecular formula is C19H22N4O3. The molecule has 0 fully saturated rings. The van der Waals surface area contributed by atoms with E-state index in [1.54, 1.807) is 0 Å². The lowest BCUT2D eigenvalue weighted by Gasteiger charge is -2.31. The van der Waals surface area contributed by atoms with Crippen LogP contribution in [0.3, 0.4) is 0 Å². The third-order valence-electron chi connectivity index (χ3n) is 5.44. The molecule has 0 saturated carbocycles. The van der Waals surface area contributed by atoms with Crippen LogP contribution >= 0.6 is 0 Å². The monoisotopic (exact) mass is 354 g/mol. The molecule has 1 aliphatic heterocycles. The Morgan fingerprint density at radius 3 is 2.65 bits per heavy atom. The first kappa shape index (κ1) is 16.7. The molecule has 3 heterocycles. The van der Waals surface area contributed by atoms with Crippen LogP contribution in [0.5, 0.6) is 5.88 Å². The number of rotatable bonds is 2. The number of aromatic hydroxyl groups is 1. The Kier molecular flexibility index (Phi) is 3.77. The van der Waals surface area contributed by atoms with Crippen molar-refractivity contribution in [3.63, 3.8) is 0 Å². The van der Waals surface area contributed by atoms with Gasteiger partial charge in [0.25, 0.3) is 5.56 Å². The van der Waals surface area contributed by atoms with Crippen LogP contribution in [0, 0.1) is 0 Å². The maximum Gasteiger partial charge on any atom is 0.333 e. The predicted octanol–water partition coefficient (Wildman–Crippen LogP) is 1.28. The lowest BCUT2D eigenvalue weighted by atomic mass is 9.90. The second-order valence-corrected chi connectivity index (χ2v) is 6.91. The van der Waals surface area contributed by atoms with E-state index < -0.39 is 17.3 Å². The third-order valence-corrected chi connectivity index (χ3v) is 5.44. The first-order valence-corrected chi connectivity index (χ1v) is 8.78. The summed E-state index contributed by atoms with van der Waals surface area (Å²) in [6.07, 6.45) is 1.74. The molecule has 0 aliphatic carbocycles. The van der Waals surface area contributed by atoms with Crippen LogP contribution in [0.2, 0.25) is 0 Å². The highest BCUT2D eigenvalue weighted by Gasteiger charge is 2.34. The van der Waals surface area contributed by atoms with Gasteiger partial charge in [0.2, 0.25) is 5.88 Å². The maximum absolute atomic E-state index is 12.8. The topological polar surface area (TPSA) is 92.0 Å². The number of hydrogen-bond donors (Lipinski definition) is 3. The molecule has 0 bridgehead atoms. The third kappa shape index (κ3) is 2.24. The quantitative estimate of drug-likeness (QED) is 0.647. The highest BCUT2D eigenvalue weighted by molar-refractivity contribution is 5.85. The largest absolute Gasteiger partial charge is 0.494 e. The Hall–Kier alpha value is -2.80. The second kappa shape index (κ2) is 5.88. The van der Waals surface area contributed by atoms with Crippen molar-refractivity contribution in [1.29, 1.82) is 0 Å². The molecule has 2 atom stereocenters. The van der Waals surface area contributed by atoms with Crippen LogP contribution in [-0.2, 0) is 20.5 Å². The zero-order chi connectivity index (χ0) is 18.6. The van der Waals surface area contributed by atoms with Crippen LogP contribution in [0.15, 0.2) is 33.9 Å². The van der Waals surface area contributed by atoms with Crippen LogP contribution in [0.25, 0.3) is 10.9 Å². The minimum Gasteiger partial charge on any atom is -0.494 e. The molecule has 3 aromatic rings. The van der Waals surface area contributed by atoms with E-state index in [2.05, 4.69) is 23.3 Å². The van der Waals surface area contributed by atoms with Gasteiger partial charge in [0.05, 0.1) is 6.04 Å². The maximum atomic E-state index is 12.8. The van der Waals surface area contributed by atoms with E-state index in [0.717, 1.165) is 44.1 Å². The summed E-state index contributed by atoms with van der Waals surface area (Å²) in [6, 6.07) is 7.71.